The Balaban J connectivity index is 2.00. The molecule has 0 aliphatic rings. The van der Waals surface area contributed by atoms with Gasteiger partial charge in [0.25, 0.3) is 5.65 Å². The number of hydrogen-bond acceptors (Lipinski definition) is 1. The van der Waals surface area contributed by atoms with Crippen molar-refractivity contribution in [1.82, 2.24) is 9.38 Å². The van der Waals surface area contributed by atoms with Gasteiger partial charge in [0.15, 0.2) is 11.0 Å². The van der Waals surface area contributed by atoms with E-state index in [2.05, 4.69) is 110 Å². The first-order valence-electron chi connectivity index (χ1n) is 11.2. The van der Waals surface area contributed by atoms with Gasteiger partial charge >= 0.3 is 0 Å². The zero-order valence-electron chi connectivity index (χ0n) is 19.2. The van der Waals surface area contributed by atoms with Crippen molar-refractivity contribution in [3.8, 4) is 11.1 Å². The van der Waals surface area contributed by atoms with Gasteiger partial charge in [-0.3, -0.25) is 4.98 Å². The van der Waals surface area contributed by atoms with Crippen molar-refractivity contribution in [3.05, 3.63) is 89.1 Å². The molecule has 0 aliphatic heterocycles. The third-order valence-corrected chi connectivity index (χ3v) is 6.85. The molecule has 3 nitrogen and oxygen atoms in total. The molecule has 0 fully saturated rings. The van der Waals surface area contributed by atoms with E-state index in [0.717, 1.165) is 11.2 Å². The van der Waals surface area contributed by atoms with Crippen molar-refractivity contribution in [3.63, 3.8) is 0 Å². The van der Waals surface area contributed by atoms with E-state index in [0.29, 0.717) is 0 Å². The van der Waals surface area contributed by atoms with E-state index in [1.165, 1.54) is 60.8 Å². The van der Waals surface area contributed by atoms with Gasteiger partial charge in [-0.1, -0.05) is 42.5 Å². The molecule has 3 heteroatoms. The summed E-state index contributed by atoms with van der Waals surface area (Å²) in [6, 6.07) is 24.1. The second kappa shape index (κ2) is 6.64. The highest BCUT2D eigenvalue weighted by molar-refractivity contribution is 6.17. The summed E-state index contributed by atoms with van der Waals surface area (Å²) >= 11 is 0. The van der Waals surface area contributed by atoms with Gasteiger partial charge in [-0.2, -0.15) is 4.40 Å². The van der Waals surface area contributed by atoms with Crippen molar-refractivity contribution >= 4 is 38.5 Å². The predicted molar refractivity (Wildman–Crippen MR) is 133 cm³/mol. The van der Waals surface area contributed by atoms with E-state index in [9.17, 15) is 0 Å². The van der Waals surface area contributed by atoms with Crippen LogP contribution in [0.4, 0.5) is 0 Å². The number of nitrogens with zero attached hydrogens (tertiary/aromatic N) is 3. The Bertz CT molecular complexity index is 1700. The molecule has 0 spiro atoms. The number of para-hydroxylation sites is 2. The van der Waals surface area contributed by atoms with Crippen molar-refractivity contribution in [2.75, 3.05) is 0 Å². The fraction of sp³-hybridized carbons (Fsp3) is 0.172. The van der Waals surface area contributed by atoms with Gasteiger partial charge in [-0.15, -0.1) is 0 Å². The Morgan fingerprint density at radius 3 is 2.19 bits per heavy atom. The molecule has 3 aromatic carbocycles. The Labute approximate surface area is 187 Å². The molecule has 0 N–H and O–H groups in total. The molecular weight excluding hydrogens is 390 g/mol. The SMILES string of the molecule is Cc1cc(C)c2c(n1)c1c(-c3c(C)cccc3C)cccc1n1c3ccccc3[n+](C)c21. The fourth-order valence-electron chi connectivity index (χ4n) is 5.56. The Kier molecular flexibility index (Phi) is 3.94. The molecular formula is C29H26N3+. The van der Waals surface area contributed by atoms with Crippen LogP contribution >= 0.6 is 0 Å². The normalized spacial score (nSPS) is 11.9. The molecule has 156 valence electrons. The molecule has 3 heterocycles. The van der Waals surface area contributed by atoms with Gasteiger partial charge in [-0.05, 0) is 79.8 Å². The maximum atomic E-state index is 5.14. The molecule has 3 aromatic heterocycles. The number of aryl methyl sites for hydroxylation is 5. The van der Waals surface area contributed by atoms with Crippen LogP contribution in [0.3, 0.4) is 0 Å². The quantitative estimate of drug-likeness (QED) is 0.221. The largest absolute Gasteiger partial charge is 0.297 e. The van der Waals surface area contributed by atoms with E-state index in [1.807, 2.05) is 0 Å². The van der Waals surface area contributed by atoms with Gasteiger partial charge in [0.1, 0.15) is 5.52 Å². The molecule has 0 bridgehead atoms. The predicted octanol–water partition coefficient (Wildman–Crippen LogP) is 6.52. The van der Waals surface area contributed by atoms with E-state index >= 15 is 0 Å². The van der Waals surface area contributed by atoms with Gasteiger partial charge in [-0.25, -0.2) is 4.57 Å². The second-order valence-electron chi connectivity index (χ2n) is 8.98. The highest BCUT2D eigenvalue weighted by Gasteiger charge is 2.26. The summed E-state index contributed by atoms with van der Waals surface area (Å²) < 4.78 is 4.74. The summed E-state index contributed by atoms with van der Waals surface area (Å²) in [4.78, 5) is 5.14. The lowest BCUT2D eigenvalue weighted by Gasteiger charge is -2.15. The van der Waals surface area contributed by atoms with Crippen LogP contribution in [-0.2, 0) is 7.05 Å². The fourth-order valence-corrected chi connectivity index (χ4v) is 5.56. The van der Waals surface area contributed by atoms with Crippen LogP contribution in [0.25, 0.3) is 49.6 Å². The smallest absolute Gasteiger partial charge is 0.252 e. The number of imidazole rings is 1. The second-order valence-corrected chi connectivity index (χ2v) is 8.98. The molecule has 0 unspecified atom stereocenters. The number of fused-ring (bicyclic) bond motifs is 8. The standard InChI is InChI=1S/C29H26N3/c1-17-10-8-11-18(2)25(17)21-12-9-15-24-27(21)28-26(19(3)16-20(4)30-28)29-31(5)22-13-6-7-14-23(22)32(24)29/h6-16H,1-5H3/q+1. The van der Waals surface area contributed by atoms with Gasteiger partial charge in [0.05, 0.1) is 23.3 Å². The van der Waals surface area contributed by atoms with E-state index in [-0.39, 0.29) is 0 Å². The minimum absolute atomic E-state index is 1.05. The summed E-state index contributed by atoms with van der Waals surface area (Å²) in [5.74, 6) is 0. The minimum atomic E-state index is 1.05. The zero-order chi connectivity index (χ0) is 22.1. The van der Waals surface area contributed by atoms with Crippen LogP contribution in [0.1, 0.15) is 22.4 Å². The highest BCUT2D eigenvalue weighted by Crippen LogP contribution is 2.39. The van der Waals surface area contributed by atoms with Crippen LogP contribution in [0, 0.1) is 27.7 Å². The number of rotatable bonds is 1. The summed E-state index contributed by atoms with van der Waals surface area (Å²) in [5.41, 5.74) is 13.4. The van der Waals surface area contributed by atoms with E-state index in [1.54, 1.807) is 0 Å². The average molecular weight is 417 g/mol. The highest BCUT2D eigenvalue weighted by atomic mass is 15.1. The van der Waals surface area contributed by atoms with Crippen LogP contribution in [0.15, 0.2) is 66.7 Å². The summed E-state index contributed by atoms with van der Waals surface area (Å²) in [6.45, 7) is 8.72. The Hall–Kier alpha value is -3.72. The summed E-state index contributed by atoms with van der Waals surface area (Å²) in [5, 5.41) is 2.45. The maximum Gasteiger partial charge on any atom is 0.297 e. The minimum Gasteiger partial charge on any atom is -0.252 e. The molecule has 0 saturated heterocycles. The molecule has 0 atom stereocenters. The van der Waals surface area contributed by atoms with Crippen LogP contribution in [0.5, 0.6) is 0 Å². The molecule has 6 rings (SSSR count). The first-order valence-corrected chi connectivity index (χ1v) is 11.2. The number of pyridine rings is 2. The van der Waals surface area contributed by atoms with Gasteiger partial charge < -0.3 is 0 Å². The third-order valence-electron chi connectivity index (χ3n) is 6.85. The van der Waals surface area contributed by atoms with Gasteiger partial charge in [0, 0.05) is 5.69 Å². The topological polar surface area (TPSA) is 21.2 Å². The zero-order valence-corrected chi connectivity index (χ0v) is 19.2. The first kappa shape index (κ1) is 19.0. The molecule has 6 aromatic rings. The lowest BCUT2D eigenvalue weighted by molar-refractivity contribution is -0.617. The number of hydrogen-bond donors (Lipinski definition) is 0. The maximum absolute atomic E-state index is 5.14. The van der Waals surface area contributed by atoms with Crippen LogP contribution < -0.4 is 4.57 Å². The Morgan fingerprint density at radius 2 is 1.41 bits per heavy atom. The van der Waals surface area contributed by atoms with Crippen molar-refractivity contribution in [1.29, 1.82) is 0 Å². The monoisotopic (exact) mass is 416 g/mol. The van der Waals surface area contributed by atoms with Crippen LogP contribution in [0.2, 0.25) is 0 Å². The molecule has 0 amide bonds. The summed E-state index contributed by atoms with van der Waals surface area (Å²) in [6.07, 6.45) is 0. The number of aromatic nitrogens is 3. The third kappa shape index (κ3) is 2.42. The number of benzene rings is 3. The summed E-state index contributed by atoms with van der Waals surface area (Å²) in [7, 11) is 2.16. The van der Waals surface area contributed by atoms with Gasteiger partial charge in [0.2, 0.25) is 0 Å². The first-order chi connectivity index (χ1) is 15.5. The van der Waals surface area contributed by atoms with E-state index in [4.69, 9.17) is 4.98 Å². The molecule has 0 saturated carbocycles. The van der Waals surface area contributed by atoms with E-state index < -0.39 is 0 Å². The Morgan fingerprint density at radius 1 is 0.719 bits per heavy atom. The van der Waals surface area contributed by atoms with Crippen molar-refractivity contribution in [2.24, 2.45) is 7.05 Å². The molecule has 0 aliphatic carbocycles. The lowest BCUT2D eigenvalue weighted by Crippen LogP contribution is -2.27. The van der Waals surface area contributed by atoms with Crippen molar-refractivity contribution in [2.45, 2.75) is 27.7 Å². The molecule has 32 heavy (non-hydrogen) atoms. The van der Waals surface area contributed by atoms with Crippen LogP contribution in [-0.4, -0.2) is 9.38 Å². The molecule has 0 radical (unpaired) electrons. The average Bonchev–Trinajstić information content (AvgIpc) is 3.06. The lowest BCUT2D eigenvalue weighted by atomic mass is 9.91. The van der Waals surface area contributed by atoms with Crippen molar-refractivity contribution < 1.29 is 4.57 Å².